The zero-order chi connectivity index (χ0) is 21.8. The van der Waals surface area contributed by atoms with Gasteiger partial charge in [-0.1, -0.05) is 25.5 Å². The number of ketones is 1. The number of nitrogens with zero attached hydrogens (tertiary/aromatic N) is 2. The van der Waals surface area contributed by atoms with Gasteiger partial charge in [-0.2, -0.15) is 5.10 Å². The molecule has 30 heavy (non-hydrogen) atoms. The number of aromatic nitrogens is 2. The van der Waals surface area contributed by atoms with Crippen LogP contribution in [0.5, 0.6) is 5.75 Å². The van der Waals surface area contributed by atoms with Crippen LogP contribution in [0.15, 0.2) is 39.3 Å². The second-order valence-corrected chi connectivity index (χ2v) is 9.83. The van der Waals surface area contributed by atoms with Crippen molar-refractivity contribution >= 4 is 55.1 Å². The van der Waals surface area contributed by atoms with Gasteiger partial charge in [-0.3, -0.25) is 9.48 Å². The fourth-order valence-electron chi connectivity index (χ4n) is 3.20. The molecule has 0 radical (unpaired) electrons. The first kappa shape index (κ1) is 23.0. The summed E-state index contributed by atoms with van der Waals surface area (Å²) in [5.74, 6) is 0.816. The summed E-state index contributed by atoms with van der Waals surface area (Å²) in [6.07, 6.45) is 5.53. The zero-order valence-corrected chi connectivity index (χ0v) is 21.4. The average molecular weight is 552 g/mol. The maximum Gasteiger partial charge on any atom is 0.195 e. The molecule has 2 heterocycles. The summed E-state index contributed by atoms with van der Waals surface area (Å²) in [5, 5.41) is 4.59. The molecule has 0 aliphatic heterocycles. The van der Waals surface area contributed by atoms with Crippen LogP contribution in [0.4, 0.5) is 0 Å². The van der Waals surface area contributed by atoms with Crippen LogP contribution in [-0.2, 0) is 13.0 Å². The number of carbonyl (C=O) groups is 1. The van der Waals surface area contributed by atoms with Crippen molar-refractivity contribution in [1.29, 1.82) is 0 Å². The predicted octanol–water partition coefficient (Wildman–Crippen LogP) is 6.99. The highest BCUT2D eigenvalue weighted by molar-refractivity contribution is 9.10. The first-order valence-electron chi connectivity index (χ1n) is 9.71. The summed E-state index contributed by atoms with van der Waals surface area (Å²) >= 11 is 8.70. The Bertz CT molecular complexity index is 1100. The maximum absolute atomic E-state index is 12.6. The number of hydrogen-bond donors (Lipinski definition) is 0. The molecule has 0 bridgehead atoms. The largest absolute Gasteiger partial charge is 0.496 e. The SMILES string of the molecule is CCCc1sc(C(=O)/C=C/c2ccc(OC)c(Cn3nc(C)c(Br)c3C)c2)cc1Br. The van der Waals surface area contributed by atoms with E-state index in [2.05, 4.69) is 43.9 Å². The second kappa shape index (κ2) is 10.1. The van der Waals surface area contributed by atoms with Crippen LogP contribution in [0, 0.1) is 13.8 Å². The number of thiophene rings is 1. The third-order valence-electron chi connectivity index (χ3n) is 4.82. The van der Waals surface area contributed by atoms with E-state index in [1.165, 1.54) is 4.88 Å². The van der Waals surface area contributed by atoms with Gasteiger partial charge in [0.05, 0.1) is 34.4 Å². The Kier molecular flexibility index (Phi) is 7.71. The van der Waals surface area contributed by atoms with Crippen molar-refractivity contribution in [2.24, 2.45) is 0 Å². The molecule has 3 aromatic rings. The van der Waals surface area contributed by atoms with Gasteiger partial charge < -0.3 is 4.74 Å². The topological polar surface area (TPSA) is 44.1 Å². The lowest BCUT2D eigenvalue weighted by Crippen LogP contribution is -2.06. The van der Waals surface area contributed by atoms with Crippen LogP contribution in [0.3, 0.4) is 0 Å². The van der Waals surface area contributed by atoms with E-state index in [1.54, 1.807) is 24.5 Å². The molecule has 0 atom stereocenters. The Hall–Kier alpha value is -1.70. The third kappa shape index (κ3) is 5.13. The molecule has 0 N–H and O–H groups in total. The van der Waals surface area contributed by atoms with E-state index in [0.29, 0.717) is 6.54 Å². The minimum atomic E-state index is 0.0166. The Morgan fingerprint density at radius 2 is 2.03 bits per heavy atom. The van der Waals surface area contributed by atoms with Gasteiger partial charge >= 0.3 is 0 Å². The number of benzene rings is 1. The smallest absolute Gasteiger partial charge is 0.195 e. The lowest BCUT2D eigenvalue weighted by molar-refractivity contribution is 0.105. The summed E-state index contributed by atoms with van der Waals surface area (Å²) < 4.78 is 9.53. The predicted molar refractivity (Wildman–Crippen MR) is 131 cm³/mol. The fourth-order valence-corrected chi connectivity index (χ4v) is 5.37. The van der Waals surface area contributed by atoms with Crippen LogP contribution >= 0.6 is 43.2 Å². The molecule has 7 heteroatoms. The Labute approximate surface area is 198 Å². The van der Waals surface area contributed by atoms with E-state index in [0.717, 1.165) is 54.9 Å². The molecule has 0 aliphatic carbocycles. The van der Waals surface area contributed by atoms with Crippen LogP contribution in [0.1, 0.15) is 50.4 Å². The monoisotopic (exact) mass is 550 g/mol. The van der Waals surface area contributed by atoms with Gasteiger partial charge in [-0.25, -0.2) is 0 Å². The van der Waals surface area contributed by atoms with E-state index in [1.807, 2.05) is 48.9 Å². The first-order chi connectivity index (χ1) is 14.3. The van der Waals surface area contributed by atoms with E-state index in [-0.39, 0.29) is 5.78 Å². The van der Waals surface area contributed by atoms with Crippen molar-refractivity contribution in [2.75, 3.05) is 7.11 Å². The maximum atomic E-state index is 12.6. The van der Waals surface area contributed by atoms with Gasteiger partial charge in [0.1, 0.15) is 5.75 Å². The number of hydrogen-bond acceptors (Lipinski definition) is 4. The number of rotatable bonds is 8. The fraction of sp³-hybridized carbons (Fsp3) is 0.304. The van der Waals surface area contributed by atoms with Gasteiger partial charge in [0.2, 0.25) is 0 Å². The minimum Gasteiger partial charge on any atom is -0.496 e. The standard InChI is InChI=1S/C23H24Br2N2O2S/c1-5-6-21-18(24)12-22(30-21)19(28)9-7-16-8-10-20(29-4)17(11-16)13-27-15(3)23(25)14(2)26-27/h7-12H,5-6,13H2,1-4H3/b9-7+. The van der Waals surface area contributed by atoms with Gasteiger partial charge in [-0.05, 0) is 82.0 Å². The number of aryl methyl sites for hydroxylation is 2. The quantitative estimate of drug-likeness (QED) is 0.224. The first-order valence-corrected chi connectivity index (χ1v) is 12.1. The van der Waals surface area contributed by atoms with Crippen molar-refractivity contribution in [2.45, 2.75) is 40.2 Å². The Morgan fingerprint density at radius 3 is 2.67 bits per heavy atom. The average Bonchev–Trinajstić information content (AvgIpc) is 3.21. The molecule has 0 fully saturated rings. The summed E-state index contributed by atoms with van der Waals surface area (Å²) in [4.78, 5) is 14.6. The number of allylic oxidation sites excluding steroid dienone is 1. The highest BCUT2D eigenvalue weighted by Crippen LogP contribution is 2.30. The van der Waals surface area contributed by atoms with Crippen molar-refractivity contribution in [1.82, 2.24) is 9.78 Å². The molecule has 0 spiro atoms. The molecular formula is C23H24Br2N2O2S. The molecule has 2 aromatic heterocycles. The highest BCUT2D eigenvalue weighted by Gasteiger charge is 2.13. The van der Waals surface area contributed by atoms with E-state index in [4.69, 9.17) is 4.74 Å². The van der Waals surface area contributed by atoms with E-state index >= 15 is 0 Å². The van der Waals surface area contributed by atoms with Crippen LogP contribution in [-0.4, -0.2) is 22.7 Å². The summed E-state index contributed by atoms with van der Waals surface area (Å²) in [6, 6.07) is 7.85. The Morgan fingerprint density at radius 1 is 1.27 bits per heavy atom. The van der Waals surface area contributed by atoms with Gasteiger partial charge in [-0.15, -0.1) is 11.3 Å². The number of methoxy groups -OCH3 is 1. The number of halogens is 2. The van der Waals surface area contributed by atoms with Crippen molar-refractivity contribution in [3.05, 3.63) is 71.6 Å². The van der Waals surface area contributed by atoms with Crippen molar-refractivity contribution in [3.8, 4) is 5.75 Å². The van der Waals surface area contributed by atoms with Gasteiger partial charge in [0.25, 0.3) is 0 Å². The molecule has 3 rings (SSSR count). The molecule has 0 amide bonds. The second-order valence-electron chi connectivity index (χ2n) is 7.04. The normalized spacial score (nSPS) is 11.4. The number of carbonyl (C=O) groups excluding carboxylic acids is 1. The molecular weight excluding hydrogens is 528 g/mol. The van der Waals surface area contributed by atoms with Crippen LogP contribution in [0.25, 0.3) is 6.08 Å². The zero-order valence-electron chi connectivity index (χ0n) is 17.5. The Balaban J connectivity index is 1.82. The van der Waals surface area contributed by atoms with Crippen molar-refractivity contribution in [3.63, 3.8) is 0 Å². The molecule has 0 saturated carbocycles. The third-order valence-corrected chi connectivity index (χ3v) is 8.15. The van der Waals surface area contributed by atoms with Gasteiger partial charge in [0.15, 0.2) is 5.78 Å². The lowest BCUT2D eigenvalue weighted by atomic mass is 10.1. The van der Waals surface area contributed by atoms with Gasteiger partial charge in [0, 0.05) is 14.9 Å². The molecule has 1 aromatic carbocycles. The van der Waals surface area contributed by atoms with E-state index < -0.39 is 0 Å². The molecule has 4 nitrogen and oxygen atoms in total. The van der Waals surface area contributed by atoms with E-state index in [9.17, 15) is 4.79 Å². The summed E-state index contributed by atoms with van der Waals surface area (Å²) in [6.45, 7) is 6.74. The molecule has 158 valence electrons. The highest BCUT2D eigenvalue weighted by atomic mass is 79.9. The molecule has 0 unspecified atom stereocenters. The minimum absolute atomic E-state index is 0.0166. The molecule has 0 saturated heterocycles. The summed E-state index contributed by atoms with van der Waals surface area (Å²) in [5.41, 5.74) is 3.98. The lowest BCUT2D eigenvalue weighted by Gasteiger charge is -2.11. The summed E-state index contributed by atoms with van der Waals surface area (Å²) in [7, 11) is 1.66. The van der Waals surface area contributed by atoms with Crippen LogP contribution < -0.4 is 4.74 Å². The number of ether oxygens (including phenoxy) is 1. The van der Waals surface area contributed by atoms with Crippen LogP contribution in [0.2, 0.25) is 0 Å². The molecule has 0 aliphatic rings. The van der Waals surface area contributed by atoms with Crippen molar-refractivity contribution < 1.29 is 9.53 Å².